The van der Waals surface area contributed by atoms with E-state index in [2.05, 4.69) is 20.7 Å². The zero-order chi connectivity index (χ0) is 27.2. The van der Waals surface area contributed by atoms with E-state index in [1.165, 1.54) is 18.2 Å². The molecule has 3 fully saturated rings. The van der Waals surface area contributed by atoms with Gasteiger partial charge in [0.15, 0.2) is 0 Å². The van der Waals surface area contributed by atoms with Gasteiger partial charge < -0.3 is 55.3 Å². The summed E-state index contributed by atoms with van der Waals surface area (Å²) < 4.78 is 60.1. The number of alkyl halides is 3. The summed E-state index contributed by atoms with van der Waals surface area (Å²) in [7, 11) is 3.15. The monoisotopic (exact) mass is 537 g/mol. The van der Waals surface area contributed by atoms with Crippen LogP contribution in [0.25, 0.3) is 0 Å². The van der Waals surface area contributed by atoms with E-state index in [9.17, 15) is 33.6 Å². The highest BCUT2D eigenvalue weighted by Gasteiger charge is 2.68. The number of likely N-dealkylation sites (N-methyl/N-ethyl adjacent to an activating group) is 2. The van der Waals surface area contributed by atoms with Gasteiger partial charge in [-0.1, -0.05) is 18.2 Å². The van der Waals surface area contributed by atoms with E-state index >= 15 is 0 Å². The Bertz CT molecular complexity index is 945. The smallest absolute Gasteiger partial charge is 0.405 e. The topological polar surface area (TPSA) is 154 Å². The molecule has 2 heterocycles. The standard InChI is InChI=1S/C23H34F3N3O8/c1-11-8-21(32,10-29-9-12-6-4-5-7-13(12)36-23(24,25)26)22(33)20(34-11)35-19-17(31)14(27-2)16(30)15(28-3)18(19)37-22/h4-7,11,14-20,27-33H,8-10H2,1-3H3/t11-,14-,15+,16+,17+,18-,19-,20+,21-,22-/m1/s1. The molecule has 0 amide bonds. The molecular formula is C23H34F3N3O8. The first-order valence-corrected chi connectivity index (χ1v) is 12.0. The van der Waals surface area contributed by atoms with Crippen LogP contribution in [0, 0.1) is 0 Å². The first kappa shape index (κ1) is 28.4. The fourth-order valence-corrected chi connectivity index (χ4v) is 5.51. The first-order valence-electron chi connectivity index (χ1n) is 12.0. The molecule has 3 aliphatic rings. The second-order valence-corrected chi connectivity index (χ2v) is 9.76. The van der Waals surface area contributed by atoms with Crippen molar-refractivity contribution in [2.45, 2.75) is 86.5 Å². The minimum atomic E-state index is -4.87. The third kappa shape index (κ3) is 5.32. The summed E-state index contributed by atoms with van der Waals surface area (Å²) in [6.07, 6.45) is -11.5. The van der Waals surface area contributed by atoms with Crippen molar-refractivity contribution in [3.8, 4) is 5.75 Å². The van der Waals surface area contributed by atoms with Crippen molar-refractivity contribution in [1.82, 2.24) is 16.0 Å². The molecule has 0 bridgehead atoms. The number of hydrogen-bond donors (Lipinski definition) is 7. The van der Waals surface area contributed by atoms with E-state index in [1.807, 2.05) is 0 Å². The van der Waals surface area contributed by atoms with Crippen LogP contribution in [0.1, 0.15) is 18.9 Å². The van der Waals surface area contributed by atoms with E-state index in [0.717, 1.165) is 0 Å². The molecule has 2 aliphatic heterocycles. The van der Waals surface area contributed by atoms with Crippen molar-refractivity contribution in [2.75, 3.05) is 20.6 Å². The highest BCUT2D eigenvalue weighted by Crippen LogP contribution is 2.46. The van der Waals surface area contributed by atoms with E-state index < -0.39 is 72.4 Å². The molecule has 1 aromatic carbocycles. The number of aliphatic hydroxyl groups excluding tert-OH is 2. The van der Waals surface area contributed by atoms with Crippen molar-refractivity contribution in [3.63, 3.8) is 0 Å². The van der Waals surface area contributed by atoms with Gasteiger partial charge in [0.1, 0.15) is 29.7 Å². The van der Waals surface area contributed by atoms with Crippen LogP contribution in [0.4, 0.5) is 13.2 Å². The lowest BCUT2D eigenvalue weighted by atomic mass is 9.77. The number of aliphatic hydroxyl groups is 4. The van der Waals surface area contributed by atoms with Gasteiger partial charge in [-0.3, -0.25) is 0 Å². The summed E-state index contributed by atoms with van der Waals surface area (Å²) in [4.78, 5) is 0. The van der Waals surface area contributed by atoms with Crippen molar-refractivity contribution in [1.29, 1.82) is 0 Å². The number of rotatable bonds is 7. The van der Waals surface area contributed by atoms with Gasteiger partial charge in [-0.05, 0) is 27.1 Å². The minimum Gasteiger partial charge on any atom is -0.405 e. The zero-order valence-corrected chi connectivity index (χ0v) is 20.6. The Balaban J connectivity index is 1.55. The molecular weight excluding hydrogens is 503 g/mol. The fraction of sp³-hybridized carbons (Fsp3) is 0.739. The molecule has 10 atom stereocenters. The number of fused-ring (bicyclic) bond motifs is 2. The van der Waals surface area contributed by atoms with Crippen molar-refractivity contribution in [2.24, 2.45) is 0 Å². The summed E-state index contributed by atoms with van der Waals surface area (Å²) in [6.45, 7) is 1.21. The van der Waals surface area contributed by atoms with Gasteiger partial charge in [-0.25, -0.2) is 0 Å². The molecule has 0 aromatic heterocycles. The predicted octanol–water partition coefficient (Wildman–Crippen LogP) is -1.08. The van der Waals surface area contributed by atoms with Gasteiger partial charge in [0.2, 0.25) is 12.1 Å². The number of nitrogens with one attached hydrogen (secondary N) is 3. The molecule has 1 aliphatic carbocycles. The second kappa shape index (κ2) is 10.5. The van der Waals surface area contributed by atoms with Gasteiger partial charge in [0.25, 0.3) is 0 Å². The molecule has 0 radical (unpaired) electrons. The van der Waals surface area contributed by atoms with Gasteiger partial charge in [0.05, 0.1) is 24.3 Å². The number of halogens is 3. The molecule has 1 aromatic rings. The molecule has 1 saturated carbocycles. The lowest BCUT2D eigenvalue weighted by molar-refractivity contribution is -0.482. The summed E-state index contributed by atoms with van der Waals surface area (Å²) in [6, 6.07) is 4.00. The predicted molar refractivity (Wildman–Crippen MR) is 121 cm³/mol. The van der Waals surface area contributed by atoms with E-state index in [0.29, 0.717) is 0 Å². The van der Waals surface area contributed by atoms with Gasteiger partial charge in [0, 0.05) is 25.1 Å². The van der Waals surface area contributed by atoms with Crippen LogP contribution in [0.2, 0.25) is 0 Å². The minimum absolute atomic E-state index is 0.108. The van der Waals surface area contributed by atoms with Crippen LogP contribution in [-0.2, 0) is 20.8 Å². The number of ether oxygens (including phenoxy) is 4. The van der Waals surface area contributed by atoms with E-state index in [4.69, 9.17) is 14.2 Å². The van der Waals surface area contributed by atoms with Gasteiger partial charge in [-0.2, -0.15) is 0 Å². The Morgan fingerprint density at radius 1 is 1.03 bits per heavy atom. The molecule has 0 unspecified atom stereocenters. The van der Waals surface area contributed by atoms with Crippen LogP contribution < -0.4 is 20.7 Å². The van der Waals surface area contributed by atoms with Crippen molar-refractivity contribution < 1.29 is 52.5 Å². The van der Waals surface area contributed by atoms with Crippen LogP contribution >= 0.6 is 0 Å². The summed E-state index contributed by atoms with van der Waals surface area (Å²) in [5.74, 6) is -2.83. The molecule has 0 spiro atoms. The maximum Gasteiger partial charge on any atom is 0.573 e. The Labute approximate surface area is 211 Å². The lowest BCUT2D eigenvalue weighted by Crippen LogP contribution is -2.81. The van der Waals surface area contributed by atoms with Crippen molar-refractivity contribution >= 4 is 0 Å². The van der Waals surface area contributed by atoms with Gasteiger partial charge in [-0.15, -0.1) is 13.2 Å². The number of hydrogen-bond acceptors (Lipinski definition) is 11. The number of benzene rings is 1. The molecule has 11 nitrogen and oxygen atoms in total. The largest absolute Gasteiger partial charge is 0.573 e. The average molecular weight is 538 g/mol. The molecule has 2 saturated heterocycles. The fourth-order valence-electron chi connectivity index (χ4n) is 5.51. The molecule has 7 N–H and O–H groups in total. The maximum atomic E-state index is 12.8. The Morgan fingerprint density at radius 2 is 1.70 bits per heavy atom. The second-order valence-electron chi connectivity index (χ2n) is 9.76. The molecule has 37 heavy (non-hydrogen) atoms. The Hall–Kier alpha value is -1.59. The van der Waals surface area contributed by atoms with E-state index in [1.54, 1.807) is 27.1 Å². The molecule has 210 valence electrons. The van der Waals surface area contributed by atoms with Gasteiger partial charge >= 0.3 is 6.36 Å². The SMILES string of the molecule is CN[C@@H]1[C@H](O)[C@H](NC)[C@H]2O[C@]3(O)[C@H](O[C@@H]2[C@H]1O)O[C@H](C)C[C@@]3(O)CNCc1ccccc1OC(F)(F)F. The van der Waals surface area contributed by atoms with E-state index in [-0.39, 0.29) is 25.1 Å². The third-order valence-corrected chi connectivity index (χ3v) is 7.28. The normalized spacial score (nSPS) is 42.1. The van der Waals surface area contributed by atoms with Crippen LogP contribution in [-0.4, -0.2) is 108 Å². The lowest BCUT2D eigenvalue weighted by Gasteiger charge is -2.60. The quantitative estimate of drug-likeness (QED) is 0.227. The summed E-state index contributed by atoms with van der Waals surface area (Å²) >= 11 is 0. The van der Waals surface area contributed by atoms with Crippen LogP contribution in [0.5, 0.6) is 5.75 Å². The van der Waals surface area contributed by atoms with Crippen molar-refractivity contribution in [3.05, 3.63) is 29.8 Å². The van der Waals surface area contributed by atoms with Crippen LogP contribution in [0.15, 0.2) is 24.3 Å². The highest BCUT2D eigenvalue weighted by molar-refractivity contribution is 5.33. The maximum absolute atomic E-state index is 12.8. The summed E-state index contributed by atoms with van der Waals surface area (Å²) in [5.41, 5.74) is -1.84. The highest BCUT2D eigenvalue weighted by atomic mass is 19.4. The average Bonchev–Trinajstić information content (AvgIpc) is 2.80. The molecule has 4 rings (SSSR count). The Kier molecular flexibility index (Phi) is 8.08. The third-order valence-electron chi connectivity index (χ3n) is 7.28. The Morgan fingerprint density at radius 3 is 2.35 bits per heavy atom. The first-order chi connectivity index (χ1) is 17.3. The summed E-state index contributed by atoms with van der Waals surface area (Å²) in [5, 5.41) is 53.5. The van der Waals surface area contributed by atoms with Crippen LogP contribution in [0.3, 0.4) is 0 Å². The molecule has 14 heteroatoms. The number of para-hydroxylation sites is 1. The zero-order valence-electron chi connectivity index (χ0n) is 20.6.